The fourth-order valence-electron chi connectivity index (χ4n) is 3.21. The van der Waals surface area contributed by atoms with Gasteiger partial charge in [0.25, 0.3) is 0 Å². The highest BCUT2D eigenvalue weighted by molar-refractivity contribution is 7.80. The Hall–Kier alpha value is -2.57. The summed E-state index contributed by atoms with van der Waals surface area (Å²) in [5, 5.41) is 14.7. The van der Waals surface area contributed by atoms with Gasteiger partial charge in [-0.25, -0.2) is 0 Å². The molecule has 0 unspecified atom stereocenters. The maximum Gasteiger partial charge on any atom is 0.174 e. The molecule has 5 nitrogen and oxygen atoms in total. The van der Waals surface area contributed by atoms with Crippen LogP contribution in [-0.4, -0.2) is 15.2 Å². The molecule has 132 valence electrons. The summed E-state index contributed by atoms with van der Waals surface area (Å²) >= 11 is 11.7. The van der Waals surface area contributed by atoms with Gasteiger partial charge in [0.1, 0.15) is 23.3 Å². The van der Waals surface area contributed by atoms with Crippen LogP contribution in [0.15, 0.2) is 59.1 Å². The fourth-order valence-corrected chi connectivity index (χ4v) is 3.71. The molecule has 2 aromatic heterocycles. The first-order chi connectivity index (χ1) is 12.5. The molecular formula is C19H16ClN3O2S. The van der Waals surface area contributed by atoms with Crippen LogP contribution in [0.25, 0.3) is 0 Å². The first kappa shape index (κ1) is 16.9. The summed E-state index contributed by atoms with van der Waals surface area (Å²) in [6.07, 6.45) is 1.74. The highest BCUT2D eigenvalue weighted by Crippen LogP contribution is 2.45. The SMILES string of the molecule is Cc1ccc([C@H]2[C@H](c3ccccn3)NC(=S)N2c2cc(Cl)ccc2O)o1. The topological polar surface area (TPSA) is 61.5 Å². The summed E-state index contributed by atoms with van der Waals surface area (Å²) < 4.78 is 5.91. The number of thiocarbonyl (C=S) groups is 1. The van der Waals surface area contributed by atoms with E-state index >= 15 is 0 Å². The molecule has 0 saturated carbocycles. The lowest BCUT2D eigenvalue weighted by Gasteiger charge is -2.26. The first-order valence-corrected chi connectivity index (χ1v) is 8.89. The molecule has 1 aliphatic heterocycles. The normalized spacial score (nSPS) is 19.6. The van der Waals surface area contributed by atoms with Crippen molar-refractivity contribution in [3.8, 4) is 5.75 Å². The van der Waals surface area contributed by atoms with E-state index in [0.29, 0.717) is 15.8 Å². The van der Waals surface area contributed by atoms with Crippen LogP contribution in [0.2, 0.25) is 5.02 Å². The number of hydrogen-bond donors (Lipinski definition) is 2. The second-order valence-corrected chi connectivity index (χ2v) is 6.90. The molecule has 7 heteroatoms. The van der Waals surface area contributed by atoms with Gasteiger partial charge in [-0.1, -0.05) is 17.7 Å². The van der Waals surface area contributed by atoms with E-state index in [-0.39, 0.29) is 17.8 Å². The van der Waals surface area contributed by atoms with Crippen LogP contribution in [0, 0.1) is 6.92 Å². The lowest BCUT2D eigenvalue weighted by atomic mass is 10.0. The number of aromatic nitrogens is 1. The monoisotopic (exact) mass is 385 g/mol. The van der Waals surface area contributed by atoms with Gasteiger partial charge in [-0.15, -0.1) is 0 Å². The zero-order valence-corrected chi connectivity index (χ0v) is 15.5. The molecule has 2 atom stereocenters. The minimum absolute atomic E-state index is 0.0912. The third kappa shape index (κ3) is 2.91. The number of aryl methyl sites for hydroxylation is 1. The number of phenolic OH excluding ortho intramolecular Hbond substituents is 1. The summed E-state index contributed by atoms with van der Waals surface area (Å²) in [5.74, 6) is 1.62. The Morgan fingerprint density at radius 3 is 2.77 bits per heavy atom. The minimum atomic E-state index is -0.310. The molecule has 0 bridgehead atoms. The van der Waals surface area contributed by atoms with E-state index in [1.807, 2.05) is 42.2 Å². The van der Waals surface area contributed by atoms with Crippen LogP contribution >= 0.6 is 23.8 Å². The van der Waals surface area contributed by atoms with Gasteiger partial charge < -0.3 is 19.7 Å². The summed E-state index contributed by atoms with van der Waals surface area (Å²) in [6, 6.07) is 13.9. The van der Waals surface area contributed by atoms with Gasteiger partial charge in [-0.2, -0.15) is 0 Å². The van der Waals surface area contributed by atoms with Gasteiger partial charge in [0.2, 0.25) is 0 Å². The van der Waals surface area contributed by atoms with Crippen LogP contribution in [0.3, 0.4) is 0 Å². The van der Waals surface area contributed by atoms with Crippen LogP contribution in [0.4, 0.5) is 5.69 Å². The van der Waals surface area contributed by atoms with Crippen LogP contribution < -0.4 is 10.2 Å². The number of pyridine rings is 1. The number of nitrogens with zero attached hydrogens (tertiary/aromatic N) is 2. The highest BCUT2D eigenvalue weighted by atomic mass is 35.5. The third-order valence-electron chi connectivity index (χ3n) is 4.35. The van der Waals surface area contributed by atoms with E-state index in [4.69, 9.17) is 28.2 Å². The quantitative estimate of drug-likeness (QED) is 0.646. The Balaban J connectivity index is 1.86. The Morgan fingerprint density at radius 1 is 1.23 bits per heavy atom. The van der Waals surface area contributed by atoms with Crippen molar-refractivity contribution >= 4 is 34.6 Å². The lowest BCUT2D eigenvalue weighted by molar-refractivity contribution is 0.415. The number of hydrogen-bond acceptors (Lipinski definition) is 4. The smallest absolute Gasteiger partial charge is 0.174 e. The predicted octanol–water partition coefficient (Wildman–Crippen LogP) is 4.52. The van der Waals surface area contributed by atoms with Crippen molar-refractivity contribution in [1.29, 1.82) is 0 Å². The molecule has 0 aliphatic carbocycles. The highest BCUT2D eigenvalue weighted by Gasteiger charge is 2.43. The van der Waals surface area contributed by atoms with Crippen LogP contribution in [0.1, 0.15) is 29.3 Å². The van der Waals surface area contributed by atoms with Crippen molar-refractivity contribution in [2.45, 2.75) is 19.0 Å². The molecule has 1 saturated heterocycles. The first-order valence-electron chi connectivity index (χ1n) is 8.10. The molecule has 1 aromatic carbocycles. The Bertz CT molecular complexity index is 960. The number of halogens is 1. The Kier molecular flexibility index (Phi) is 4.30. The number of aromatic hydroxyl groups is 1. The molecule has 0 spiro atoms. The summed E-state index contributed by atoms with van der Waals surface area (Å²) in [5.41, 5.74) is 1.35. The van der Waals surface area contributed by atoms with Gasteiger partial charge in [0, 0.05) is 11.2 Å². The van der Waals surface area contributed by atoms with Crippen molar-refractivity contribution in [2.24, 2.45) is 0 Å². The largest absolute Gasteiger partial charge is 0.506 e. The van der Waals surface area contributed by atoms with Crippen molar-refractivity contribution in [3.05, 3.63) is 77.0 Å². The molecule has 1 fully saturated rings. The van der Waals surface area contributed by atoms with Crippen molar-refractivity contribution < 1.29 is 9.52 Å². The molecule has 1 aliphatic rings. The molecular weight excluding hydrogens is 370 g/mol. The second kappa shape index (κ2) is 6.63. The summed E-state index contributed by atoms with van der Waals surface area (Å²) in [4.78, 5) is 6.29. The molecule has 0 radical (unpaired) electrons. The van der Waals surface area contributed by atoms with E-state index < -0.39 is 0 Å². The number of nitrogens with one attached hydrogen (secondary N) is 1. The third-order valence-corrected chi connectivity index (χ3v) is 4.90. The van der Waals surface area contributed by atoms with Crippen LogP contribution in [-0.2, 0) is 0 Å². The average molecular weight is 386 g/mol. The standard InChI is InChI=1S/C19H16ClN3O2S/c1-11-5-8-16(25-11)18-17(13-4-2-3-9-21-13)22-19(26)23(18)14-10-12(20)6-7-15(14)24/h2-10,17-18,24H,1H3,(H,22,26)/t17-,18-/m0/s1. The Labute approximate surface area is 161 Å². The number of phenols is 1. The minimum Gasteiger partial charge on any atom is -0.506 e. The van der Waals surface area contributed by atoms with E-state index in [1.165, 1.54) is 0 Å². The molecule has 26 heavy (non-hydrogen) atoms. The molecule has 3 heterocycles. The van der Waals surface area contributed by atoms with Crippen molar-refractivity contribution in [2.75, 3.05) is 4.90 Å². The number of rotatable bonds is 3. The zero-order valence-electron chi connectivity index (χ0n) is 13.9. The van der Waals surface area contributed by atoms with E-state index in [9.17, 15) is 5.11 Å². The molecule has 2 N–H and O–H groups in total. The van der Waals surface area contributed by atoms with E-state index in [1.54, 1.807) is 24.4 Å². The van der Waals surface area contributed by atoms with E-state index in [0.717, 1.165) is 17.2 Å². The number of anilines is 1. The van der Waals surface area contributed by atoms with Gasteiger partial charge in [0.05, 0.1) is 17.4 Å². The van der Waals surface area contributed by atoms with Crippen molar-refractivity contribution in [1.82, 2.24) is 10.3 Å². The lowest BCUT2D eigenvalue weighted by Crippen LogP contribution is -2.29. The molecule has 0 amide bonds. The molecule has 4 rings (SSSR count). The van der Waals surface area contributed by atoms with Gasteiger partial charge >= 0.3 is 0 Å². The predicted molar refractivity (Wildman–Crippen MR) is 104 cm³/mol. The van der Waals surface area contributed by atoms with Gasteiger partial charge in [-0.05, 0) is 61.6 Å². The Morgan fingerprint density at radius 2 is 2.08 bits per heavy atom. The summed E-state index contributed by atoms with van der Waals surface area (Å²) in [7, 11) is 0. The van der Waals surface area contributed by atoms with Gasteiger partial charge in [-0.3, -0.25) is 4.98 Å². The van der Waals surface area contributed by atoms with E-state index in [2.05, 4.69) is 10.3 Å². The van der Waals surface area contributed by atoms with Crippen molar-refractivity contribution in [3.63, 3.8) is 0 Å². The number of furan rings is 1. The summed E-state index contributed by atoms with van der Waals surface area (Å²) in [6.45, 7) is 1.89. The molecule has 3 aromatic rings. The van der Waals surface area contributed by atoms with Gasteiger partial charge in [0.15, 0.2) is 5.11 Å². The second-order valence-electron chi connectivity index (χ2n) is 6.08. The van der Waals surface area contributed by atoms with Crippen LogP contribution in [0.5, 0.6) is 5.75 Å². The maximum atomic E-state index is 10.4. The average Bonchev–Trinajstić information content (AvgIpc) is 3.21. The zero-order chi connectivity index (χ0) is 18.3. The maximum absolute atomic E-state index is 10.4. The number of benzene rings is 1. The fraction of sp³-hybridized carbons (Fsp3) is 0.158.